The first kappa shape index (κ1) is 15.2. The van der Waals surface area contributed by atoms with Crippen LogP contribution in [-0.2, 0) is 25.5 Å². The summed E-state index contributed by atoms with van der Waals surface area (Å²) in [6, 6.07) is 2.01. The molecule has 1 unspecified atom stereocenters. The standard InChI is InChI=1S/C16H21N3O2S/c1-16(21,12-8-18-19(2)9-12)10-17-15(20)14-7-11-5-3-4-6-13(11)22-14/h7-9,21H,3-6,10H2,1-2H3,(H,17,20). The lowest BCUT2D eigenvalue weighted by Crippen LogP contribution is -2.38. The number of carbonyl (C=O) groups excluding carboxylic acids is 1. The quantitative estimate of drug-likeness (QED) is 0.906. The number of aryl methyl sites for hydroxylation is 3. The Hall–Kier alpha value is -1.66. The third-order valence-corrected chi connectivity index (χ3v) is 5.38. The Morgan fingerprint density at radius 1 is 1.50 bits per heavy atom. The number of hydrogen-bond donors (Lipinski definition) is 2. The average molecular weight is 319 g/mol. The summed E-state index contributed by atoms with van der Waals surface area (Å²) in [6.45, 7) is 1.85. The Balaban J connectivity index is 1.65. The van der Waals surface area contributed by atoms with Gasteiger partial charge in [0.2, 0.25) is 0 Å². The Labute approximate surface area is 134 Å². The monoisotopic (exact) mass is 319 g/mol. The van der Waals surface area contributed by atoms with Gasteiger partial charge in [-0.1, -0.05) is 0 Å². The molecule has 1 atom stereocenters. The van der Waals surface area contributed by atoms with Gasteiger partial charge in [0.15, 0.2) is 0 Å². The average Bonchev–Trinajstić information content (AvgIpc) is 3.11. The Bertz CT molecular complexity index is 664. The van der Waals surface area contributed by atoms with E-state index in [4.69, 9.17) is 0 Å². The molecule has 0 fully saturated rings. The van der Waals surface area contributed by atoms with E-state index in [1.165, 1.54) is 23.3 Å². The van der Waals surface area contributed by atoms with Crippen LogP contribution < -0.4 is 5.32 Å². The molecule has 0 spiro atoms. The van der Waals surface area contributed by atoms with Crippen LogP contribution in [0.15, 0.2) is 18.5 Å². The maximum atomic E-state index is 12.3. The molecule has 1 aliphatic carbocycles. The van der Waals surface area contributed by atoms with Gasteiger partial charge in [0, 0.05) is 23.7 Å². The molecule has 0 bridgehead atoms. The van der Waals surface area contributed by atoms with E-state index in [0.717, 1.165) is 17.7 Å². The highest BCUT2D eigenvalue weighted by molar-refractivity contribution is 7.14. The topological polar surface area (TPSA) is 67.2 Å². The van der Waals surface area contributed by atoms with Crippen molar-refractivity contribution in [1.82, 2.24) is 15.1 Å². The highest BCUT2D eigenvalue weighted by Crippen LogP contribution is 2.29. The number of rotatable bonds is 4. The van der Waals surface area contributed by atoms with Gasteiger partial charge >= 0.3 is 0 Å². The van der Waals surface area contributed by atoms with Crippen molar-refractivity contribution in [3.63, 3.8) is 0 Å². The van der Waals surface area contributed by atoms with Crippen molar-refractivity contribution >= 4 is 17.2 Å². The van der Waals surface area contributed by atoms with Crippen LogP contribution in [-0.4, -0.2) is 27.3 Å². The molecule has 0 saturated heterocycles. The zero-order valence-electron chi connectivity index (χ0n) is 12.9. The Morgan fingerprint density at radius 2 is 2.27 bits per heavy atom. The third kappa shape index (κ3) is 3.08. The second-order valence-corrected chi connectivity index (χ2v) is 7.26. The first-order chi connectivity index (χ1) is 10.5. The van der Waals surface area contributed by atoms with Crippen LogP contribution in [0.1, 0.15) is 45.4 Å². The molecule has 2 N–H and O–H groups in total. The number of thiophene rings is 1. The first-order valence-corrected chi connectivity index (χ1v) is 8.39. The summed E-state index contributed by atoms with van der Waals surface area (Å²) in [5.41, 5.74) is 0.891. The molecule has 1 amide bonds. The van der Waals surface area contributed by atoms with Crippen molar-refractivity contribution in [1.29, 1.82) is 0 Å². The van der Waals surface area contributed by atoms with Crippen molar-refractivity contribution < 1.29 is 9.90 Å². The van der Waals surface area contributed by atoms with Gasteiger partial charge in [-0.25, -0.2) is 0 Å². The van der Waals surface area contributed by atoms with Crippen molar-refractivity contribution in [2.45, 2.75) is 38.2 Å². The fraction of sp³-hybridized carbons (Fsp3) is 0.500. The van der Waals surface area contributed by atoms with E-state index in [1.54, 1.807) is 42.4 Å². The summed E-state index contributed by atoms with van der Waals surface area (Å²) < 4.78 is 1.64. The zero-order valence-corrected chi connectivity index (χ0v) is 13.7. The Kier molecular flexibility index (Phi) is 4.06. The van der Waals surface area contributed by atoms with E-state index in [0.29, 0.717) is 5.56 Å². The minimum Gasteiger partial charge on any atom is -0.383 e. The summed E-state index contributed by atoms with van der Waals surface area (Å²) in [6.07, 6.45) is 7.96. The molecule has 0 aliphatic heterocycles. The normalized spacial score (nSPS) is 16.9. The van der Waals surface area contributed by atoms with E-state index in [9.17, 15) is 9.90 Å². The predicted octanol–water partition coefficient (Wildman–Crippen LogP) is 2.00. The lowest BCUT2D eigenvalue weighted by molar-refractivity contribution is 0.0527. The molecular formula is C16H21N3O2S. The molecule has 5 nitrogen and oxygen atoms in total. The number of amides is 1. The van der Waals surface area contributed by atoms with Crippen LogP contribution in [0.4, 0.5) is 0 Å². The number of aliphatic hydroxyl groups is 1. The van der Waals surface area contributed by atoms with Gasteiger partial charge in [0.1, 0.15) is 5.60 Å². The summed E-state index contributed by atoms with van der Waals surface area (Å²) >= 11 is 1.58. The van der Waals surface area contributed by atoms with E-state index >= 15 is 0 Å². The van der Waals surface area contributed by atoms with E-state index in [-0.39, 0.29) is 12.5 Å². The van der Waals surface area contributed by atoms with E-state index in [2.05, 4.69) is 10.4 Å². The van der Waals surface area contributed by atoms with Crippen LogP contribution >= 0.6 is 11.3 Å². The molecule has 6 heteroatoms. The van der Waals surface area contributed by atoms with Gasteiger partial charge in [-0.3, -0.25) is 9.48 Å². The van der Waals surface area contributed by atoms with Crippen molar-refractivity contribution in [3.05, 3.63) is 39.3 Å². The SMILES string of the molecule is Cn1cc(C(C)(O)CNC(=O)c2cc3c(s2)CCCC3)cn1. The largest absolute Gasteiger partial charge is 0.383 e. The zero-order chi connectivity index (χ0) is 15.7. The molecule has 3 rings (SSSR count). The first-order valence-electron chi connectivity index (χ1n) is 7.57. The molecule has 0 saturated carbocycles. The van der Waals surface area contributed by atoms with Gasteiger partial charge in [-0.05, 0) is 44.2 Å². The van der Waals surface area contributed by atoms with Crippen molar-refractivity contribution in [2.24, 2.45) is 7.05 Å². The molecule has 0 aromatic carbocycles. The number of fused-ring (bicyclic) bond motifs is 1. The number of nitrogens with zero attached hydrogens (tertiary/aromatic N) is 2. The molecule has 2 aromatic rings. The van der Waals surface area contributed by atoms with E-state index < -0.39 is 5.60 Å². The van der Waals surface area contributed by atoms with E-state index in [1.807, 2.05) is 6.07 Å². The summed E-state index contributed by atoms with van der Waals surface area (Å²) in [4.78, 5) is 14.4. The van der Waals surface area contributed by atoms with Crippen molar-refractivity contribution in [2.75, 3.05) is 6.54 Å². The van der Waals surface area contributed by atoms with Gasteiger partial charge in [0.25, 0.3) is 5.91 Å². The molecule has 2 heterocycles. The minimum absolute atomic E-state index is 0.108. The highest BCUT2D eigenvalue weighted by atomic mass is 32.1. The number of carbonyl (C=O) groups is 1. The molecule has 118 valence electrons. The third-order valence-electron chi connectivity index (χ3n) is 4.14. The lowest BCUT2D eigenvalue weighted by Gasteiger charge is -2.22. The second-order valence-electron chi connectivity index (χ2n) is 6.13. The summed E-state index contributed by atoms with van der Waals surface area (Å²) in [5.74, 6) is -0.108. The predicted molar refractivity (Wildman–Crippen MR) is 86.1 cm³/mol. The van der Waals surface area contributed by atoms with Crippen molar-refractivity contribution in [3.8, 4) is 0 Å². The van der Waals surface area contributed by atoms with Crippen LogP contribution in [0.3, 0.4) is 0 Å². The molecule has 1 aliphatic rings. The molecular weight excluding hydrogens is 298 g/mol. The number of nitrogens with one attached hydrogen (secondary N) is 1. The smallest absolute Gasteiger partial charge is 0.261 e. The Morgan fingerprint density at radius 3 is 2.95 bits per heavy atom. The fourth-order valence-electron chi connectivity index (χ4n) is 2.74. The van der Waals surface area contributed by atoms with Gasteiger partial charge in [-0.2, -0.15) is 5.10 Å². The number of aromatic nitrogens is 2. The van der Waals surface area contributed by atoms with Gasteiger partial charge in [-0.15, -0.1) is 11.3 Å². The maximum absolute atomic E-state index is 12.3. The summed E-state index contributed by atoms with van der Waals surface area (Å²) in [7, 11) is 1.80. The molecule has 0 radical (unpaired) electrons. The highest BCUT2D eigenvalue weighted by Gasteiger charge is 2.26. The molecule has 2 aromatic heterocycles. The van der Waals surface area contributed by atoms with Crippen LogP contribution in [0, 0.1) is 0 Å². The lowest BCUT2D eigenvalue weighted by atomic mass is 9.99. The van der Waals surface area contributed by atoms with Crippen LogP contribution in [0.2, 0.25) is 0 Å². The van der Waals surface area contributed by atoms with Crippen LogP contribution in [0.5, 0.6) is 0 Å². The summed E-state index contributed by atoms with van der Waals surface area (Å²) in [5, 5.41) is 17.4. The second kappa shape index (κ2) is 5.85. The molecule has 22 heavy (non-hydrogen) atoms. The van der Waals surface area contributed by atoms with Gasteiger partial charge < -0.3 is 10.4 Å². The maximum Gasteiger partial charge on any atom is 0.261 e. The van der Waals surface area contributed by atoms with Crippen LogP contribution in [0.25, 0.3) is 0 Å². The fourth-order valence-corrected chi connectivity index (χ4v) is 3.91. The minimum atomic E-state index is -1.12. The van der Waals surface area contributed by atoms with Gasteiger partial charge in [0.05, 0.1) is 17.6 Å². The number of hydrogen-bond acceptors (Lipinski definition) is 4.